The number of nitrogens with one attached hydrogen (secondary N) is 1. The predicted molar refractivity (Wildman–Crippen MR) is 83.5 cm³/mol. The standard InChI is InChI=1S/C14H10Cl2F3NO2S/c1-8-10(14(17,18)19)3-2-4-12(8)20-23(21,22)13-6-5-9(15)7-11(13)16/h2-7,20H,1H3. The molecule has 2 rings (SSSR count). The molecule has 2 aromatic carbocycles. The fourth-order valence-corrected chi connectivity index (χ4v) is 3.84. The third-order valence-electron chi connectivity index (χ3n) is 3.07. The van der Waals surface area contributed by atoms with E-state index in [0.29, 0.717) is 0 Å². The molecule has 0 saturated heterocycles. The SMILES string of the molecule is Cc1c(NS(=O)(=O)c2ccc(Cl)cc2Cl)cccc1C(F)(F)F. The second kappa shape index (κ2) is 6.22. The Bertz CT molecular complexity index is 852. The smallest absolute Gasteiger partial charge is 0.279 e. The van der Waals surface area contributed by atoms with E-state index >= 15 is 0 Å². The molecule has 0 amide bonds. The van der Waals surface area contributed by atoms with E-state index in [1.165, 1.54) is 31.2 Å². The van der Waals surface area contributed by atoms with Crippen molar-refractivity contribution in [1.82, 2.24) is 0 Å². The average Bonchev–Trinajstić information content (AvgIpc) is 2.39. The highest BCUT2D eigenvalue weighted by Crippen LogP contribution is 2.35. The average molecular weight is 384 g/mol. The summed E-state index contributed by atoms with van der Waals surface area (Å²) in [5, 5.41) is 0.110. The van der Waals surface area contributed by atoms with E-state index in [1.54, 1.807) is 0 Å². The van der Waals surface area contributed by atoms with Crippen LogP contribution in [0.15, 0.2) is 41.3 Å². The van der Waals surface area contributed by atoms with E-state index in [0.717, 1.165) is 12.1 Å². The van der Waals surface area contributed by atoms with Gasteiger partial charge in [0.1, 0.15) is 4.90 Å². The normalized spacial score (nSPS) is 12.3. The van der Waals surface area contributed by atoms with Crippen LogP contribution in [0.1, 0.15) is 11.1 Å². The summed E-state index contributed by atoms with van der Waals surface area (Å²) >= 11 is 11.5. The van der Waals surface area contributed by atoms with Gasteiger partial charge in [-0.2, -0.15) is 13.2 Å². The van der Waals surface area contributed by atoms with Gasteiger partial charge in [0.25, 0.3) is 10.0 Å². The van der Waals surface area contributed by atoms with Crippen LogP contribution in [0.2, 0.25) is 10.0 Å². The van der Waals surface area contributed by atoms with Crippen LogP contribution in [0.5, 0.6) is 0 Å². The Kier molecular flexibility index (Phi) is 4.84. The van der Waals surface area contributed by atoms with E-state index in [9.17, 15) is 21.6 Å². The maximum atomic E-state index is 12.9. The Hall–Kier alpha value is -1.44. The Balaban J connectivity index is 2.46. The summed E-state index contributed by atoms with van der Waals surface area (Å²) in [7, 11) is -4.15. The van der Waals surface area contributed by atoms with Crippen molar-refractivity contribution in [2.45, 2.75) is 18.0 Å². The van der Waals surface area contributed by atoms with Crippen LogP contribution >= 0.6 is 23.2 Å². The molecule has 0 aliphatic carbocycles. The fraction of sp³-hybridized carbons (Fsp3) is 0.143. The lowest BCUT2D eigenvalue weighted by atomic mass is 10.1. The number of alkyl halides is 3. The molecular formula is C14H10Cl2F3NO2S. The molecule has 0 atom stereocenters. The largest absolute Gasteiger partial charge is 0.416 e. The van der Waals surface area contributed by atoms with E-state index in [1.807, 2.05) is 0 Å². The molecule has 124 valence electrons. The number of benzene rings is 2. The molecule has 2 aromatic rings. The second-order valence-corrected chi connectivity index (χ2v) is 7.15. The Morgan fingerprint density at radius 3 is 2.30 bits per heavy atom. The predicted octanol–water partition coefficient (Wildman–Crippen LogP) is 5.12. The van der Waals surface area contributed by atoms with Gasteiger partial charge in [-0.15, -0.1) is 0 Å². The molecule has 0 aromatic heterocycles. The molecule has 0 aliphatic rings. The Labute approximate surface area is 141 Å². The summed E-state index contributed by atoms with van der Waals surface area (Å²) in [6.07, 6.45) is -4.58. The highest BCUT2D eigenvalue weighted by Gasteiger charge is 2.33. The van der Waals surface area contributed by atoms with Crippen LogP contribution in [-0.2, 0) is 16.2 Å². The lowest BCUT2D eigenvalue weighted by Crippen LogP contribution is -2.16. The topological polar surface area (TPSA) is 46.2 Å². The molecule has 0 fully saturated rings. The van der Waals surface area contributed by atoms with Crippen molar-refractivity contribution in [3.05, 3.63) is 57.6 Å². The van der Waals surface area contributed by atoms with E-state index in [2.05, 4.69) is 4.72 Å². The van der Waals surface area contributed by atoms with Crippen molar-refractivity contribution in [1.29, 1.82) is 0 Å². The van der Waals surface area contributed by atoms with Gasteiger partial charge < -0.3 is 0 Å². The Morgan fingerprint density at radius 1 is 1.09 bits per heavy atom. The molecule has 0 radical (unpaired) electrons. The lowest BCUT2D eigenvalue weighted by Gasteiger charge is -2.16. The van der Waals surface area contributed by atoms with Gasteiger partial charge in [0.2, 0.25) is 0 Å². The van der Waals surface area contributed by atoms with Crippen LogP contribution < -0.4 is 4.72 Å². The van der Waals surface area contributed by atoms with E-state index < -0.39 is 21.8 Å². The van der Waals surface area contributed by atoms with Crippen molar-refractivity contribution < 1.29 is 21.6 Å². The zero-order valence-electron chi connectivity index (χ0n) is 11.6. The van der Waals surface area contributed by atoms with Crippen LogP contribution in [0.3, 0.4) is 0 Å². The zero-order chi connectivity index (χ0) is 17.4. The maximum Gasteiger partial charge on any atom is 0.416 e. The quantitative estimate of drug-likeness (QED) is 0.799. The highest BCUT2D eigenvalue weighted by molar-refractivity contribution is 7.92. The van der Waals surface area contributed by atoms with Gasteiger partial charge in [0, 0.05) is 5.02 Å². The first-order valence-electron chi connectivity index (χ1n) is 6.17. The molecule has 0 saturated carbocycles. The van der Waals surface area contributed by atoms with Crippen LogP contribution in [0.4, 0.5) is 18.9 Å². The molecule has 3 nitrogen and oxygen atoms in total. The monoisotopic (exact) mass is 383 g/mol. The third-order valence-corrected chi connectivity index (χ3v) is 5.15. The number of hydrogen-bond donors (Lipinski definition) is 1. The second-order valence-electron chi connectivity index (χ2n) is 4.66. The molecule has 23 heavy (non-hydrogen) atoms. The first-order chi connectivity index (χ1) is 10.5. The van der Waals surface area contributed by atoms with Crippen molar-refractivity contribution in [3.8, 4) is 0 Å². The summed E-state index contributed by atoms with van der Waals surface area (Å²) in [5.41, 5.74) is -1.32. The first kappa shape index (κ1) is 17.9. The third kappa shape index (κ3) is 3.91. The molecular weight excluding hydrogens is 374 g/mol. The minimum Gasteiger partial charge on any atom is -0.279 e. The van der Waals surface area contributed by atoms with Crippen LogP contribution in [-0.4, -0.2) is 8.42 Å². The molecule has 0 heterocycles. The lowest BCUT2D eigenvalue weighted by molar-refractivity contribution is -0.138. The molecule has 1 N–H and O–H groups in total. The van der Waals surface area contributed by atoms with Gasteiger partial charge >= 0.3 is 6.18 Å². The van der Waals surface area contributed by atoms with Crippen molar-refractivity contribution in [2.75, 3.05) is 4.72 Å². The minimum atomic E-state index is -4.58. The molecule has 0 unspecified atom stereocenters. The van der Waals surface area contributed by atoms with Gasteiger partial charge in [-0.3, -0.25) is 4.72 Å². The van der Waals surface area contributed by atoms with Gasteiger partial charge in [0.05, 0.1) is 16.3 Å². The van der Waals surface area contributed by atoms with Gasteiger partial charge in [-0.1, -0.05) is 29.3 Å². The van der Waals surface area contributed by atoms with Gasteiger partial charge in [-0.25, -0.2) is 8.42 Å². The number of sulfonamides is 1. The molecule has 9 heteroatoms. The number of anilines is 1. The minimum absolute atomic E-state index is 0.130. The van der Waals surface area contributed by atoms with Crippen molar-refractivity contribution in [2.24, 2.45) is 0 Å². The van der Waals surface area contributed by atoms with Crippen molar-refractivity contribution >= 4 is 38.9 Å². The number of hydrogen-bond acceptors (Lipinski definition) is 2. The number of halogens is 5. The van der Waals surface area contributed by atoms with Crippen molar-refractivity contribution in [3.63, 3.8) is 0 Å². The summed E-state index contributed by atoms with van der Waals surface area (Å²) < 4.78 is 65.4. The van der Waals surface area contributed by atoms with E-state index in [-0.39, 0.29) is 26.2 Å². The summed E-state index contributed by atoms with van der Waals surface area (Å²) in [4.78, 5) is -0.277. The highest BCUT2D eigenvalue weighted by atomic mass is 35.5. The van der Waals surface area contributed by atoms with Crippen LogP contribution in [0.25, 0.3) is 0 Å². The van der Waals surface area contributed by atoms with Gasteiger partial charge in [0.15, 0.2) is 0 Å². The van der Waals surface area contributed by atoms with Gasteiger partial charge in [-0.05, 0) is 42.8 Å². The molecule has 0 bridgehead atoms. The summed E-state index contributed by atoms with van der Waals surface area (Å²) in [6, 6.07) is 6.97. The molecule has 0 aliphatic heterocycles. The first-order valence-corrected chi connectivity index (χ1v) is 8.41. The fourth-order valence-electron chi connectivity index (χ4n) is 1.95. The molecule has 0 spiro atoms. The Morgan fingerprint density at radius 2 is 1.74 bits per heavy atom. The van der Waals surface area contributed by atoms with E-state index in [4.69, 9.17) is 23.2 Å². The summed E-state index contributed by atoms with van der Waals surface area (Å²) in [6.45, 7) is 1.18. The summed E-state index contributed by atoms with van der Waals surface area (Å²) in [5.74, 6) is 0. The van der Waals surface area contributed by atoms with Crippen LogP contribution in [0, 0.1) is 6.92 Å². The maximum absolute atomic E-state index is 12.9. The number of rotatable bonds is 3. The zero-order valence-corrected chi connectivity index (χ0v) is 13.9.